The van der Waals surface area contributed by atoms with E-state index in [4.69, 9.17) is 4.42 Å². The minimum Gasteiger partial charge on any atom is -0.455 e. The maximum absolute atomic E-state index is 6.57. The summed E-state index contributed by atoms with van der Waals surface area (Å²) in [6.45, 7) is 0. The average Bonchev–Trinajstić information content (AvgIpc) is 3.87. The zero-order valence-electron chi connectivity index (χ0n) is 34.9. The van der Waals surface area contributed by atoms with Gasteiger partial charge < -0.3 is 9.32 Å². The number of rotatable bonds is 4. The molecule has 0 radical (unpaired) electrons. The van der Waals surface area contributed by atoms with E-state index in [1.165, 1.54) is 126 Å². The number of nitrogens with zero attached hydrogens (tertiary/aromatic N) is 1. The first-order chi connectivity index (χ1) is 30.2. The fourth-order valence-electron chi connectivity index (χ4n) is 15.0. The first-order valence-corrected chi connectivity index (χ1v) is 23.5. The number of para-hydroxylation sites is 2. The maximum Gasteiger partial charge on any atom is 0.143 e. The van der Waals surface area contributed by atoms with Crippen LogP contribution in [0.25, 0.3) is 55.3 Å². The van der Waals surface area contributed by atoms with Crippen LogP contribution in [0.5, 0.6) is 0 Å². The predicted molar refractivity (Wildman–Crippen MR) is 251 cm³/mol. The van der Waals surface area contributed by atoms with E-state index in [-0.39, 0.29) is 10.8 Å². The summed E-state index contributed by atoms with van der Waals surface area (Å²) in [7, 11) is 0. The molecule has 2 spiro atoms. The second-order valence-corrected chi connectivity index (χ2v) is 19.8. The molecular weight excluding hydrogens is 739 g/mol. The second kappa shape index (κ2) is 12.8. The van der Waals surface area contributed by atoms with E-state index in [0.29, 0.717) is 11.8 Å². The molecule has 7 aromatic carbocycles. The van der Waals surface area contributed by atoms with E-state index < -0.39 is 0 Å². The molecule has 298 valence electrons. The van der Waals surface area contributed by atoms with E-state index in [1.54, 1.807) is 22.3 Å². The predicted octanol–water partition coefficient (Wildman–Crippen LogP) is 16.1. The molecule has 5 atom stereocenters. The number of benzene rings is 7. The fourth-order valence-corrected chi connectivity index (χ4v) is 15.0. The Morgan fingerprint density at radius 1 is 0.475 bits per heavy atom. The van der Waals surface area contributed by atoms with Crippen molar-refractivity contribution in [2.75, 3.05) is 4.90 Å². The second-order valence-electron chi connectivity index (χ2n) is 19.8. The third-order valence-electron chi connectivity index (χ3n) is 17.1. The van der Waals surface area contributed by atoms with Crippen molar-refractivity contribution < 1.29 is 4.42 Å². The van der Waals surface area contributed by atoms with Crippen LogP contribution in [0.2, 0.25) is 0 Å². The van der Waals surface area contributed by atoms with E-state index in [1.807, 2.05) is 0 Å². The van der Waals surface area contributed by atoms with Gasteiger partial charge >= 0.3 is 0 Å². The van der Waals surface area contributed by atoms with Crippen LogP contribution >= 0.6 is 0 Å². The zero-order valence-corrected chi connectivity index (χ0v) is 34.9. The van der Waals surface area contributed by atoms with E-state index >= 15 is 0 Å². The number of fused-ring (bicyclic) bond motifs is 12. The van der Waals surface area contributed by atoms with Gasteiger partial charge in [0, 0.05) is 38.5 Å². The largest absolute Gasteiger partial charge is 0.455 e. The van der Waals surface area contributed by atoms with Gasteiger partial charge in [-0.2, -0.15) is 0 Å². The SMILES string of the molecule is c1ccc2c(c1)-c1ccc(N(c3ccc(-c4cccc5c4oc4ccccc45)cc3)c3cccc4c3C3(c5ccccc5-4)C4CCC5CC(C4)CC3C5)cc1C21CCCCC1. The Morgan fingerprint density at radius 3 is 2.03 bits per heavy atom. The fraction of sp³-hybridized carbons (Fsp3) is 0.288. The number of anilines is 3. The molecule has 5 fully saturated rings. The highest BCUT2D eigenvalue weighted by Crippen LogP contribution is 2.69. The van der Waals surface area contributed by atoms with Crippen molar-refractivity contribution in [2.24, 2.45) is 23.7 Å². The molecule has 0 saturated heterocycles. The Balaban J connectivity index is 0.999. The van der Waals surface area contributed by atoms with Crippen LogP contribution in [0.3, 0.4) is 0 Å². The van der Waals surface area contributed by atoms with Crippen molar-refractivity contribution in [2.45, 2.75) is 81.5 Å². The lowest BCUT2D eigenvalue weighted by atomic mass is 9.50. The number of furan rings is 1. The smallest absolute Gasteiger partial charge is 0.143 e. The maximum atomic E-state index is 6.57. The number of hydrogen-bond donors (Lipinski definition) is 0. The molecule has 7 aliphatic rings. The van der Waals surface area contributed by atoms with Gasteiger partial charge in [0.2, 0.25) is 0 Å². The molecule has 4 bridgehead atoms. The molecule has 2 nitrogen and oxygen atoms in total. The quantitative estimate of drug-likeness (QED) is 0.177. The molecule has 15 rings (SSSR count). The van der Waals surface area contributed by atoms with Gasteiger partial charge in [-0.05, 0) is 155 Å². The Labute approximate surface area is 359 Å². The molecule has 0 amide bonds. The Kier molecular flexibility index (Phi) is 7.32. The standard InChI is InChI=1S/C59H51NO/c1-8-30-58(31-9-1)51-18-5-2-12-45(51)47-29-28-43(36-53(47)58)60(42-26-23-39(24-27-42)44-15-10-17-50-48-14-4-7-21-55(48)61-57(44)50)54-20-11-16-49-46-13-3-6-19-52(46)59(56(49)54)40-25-22-37-32-38(34-40)35-41(59)33-37/h2-7,10-21,23-24,26-29,36-38,40-41H,1,8-9,22,25,30-35H2. The van der Waals surface area contributed by atoms with Gasteiger partial charge in [-0.1, -0.05) is 141 Å². The molecular formula is C59H51NO. The lowest BCUT2D eigenvalue weighted by Crippen LogP contribution is -2.48. The third-order valence-corrected chi connectivity index (χ3v) is 17.1. The van der Waals surface area contributed by atoms with Gasteiger partial charge in [-0.15, -0.1) is 0 Å². The highest BCUT2D eigenvalue weighted by molar-refractivity contribution is 6.09. The summed E-state index contributed by atoms with van der Waals surface area (Å²) in [5.74, 6) is 3.10. The Morgan fingerprint density at radius 2 is 1.15 bits per heavy atom. The highest BCUT2D eigenvalue weighted by atomic mass is 16.3. The Bertz CT molecular complexity index is 3060. The summed E-state index contributed by atoms with van der Waals surface area (Å²) < 4.78 is 6.57. The molecule has 8 aromatic rings. The molecule has 1 heterocycles. The van der Waals surface area contributed by atoms with E-state index in [0.717, 1.165) is 28.6 Å². The molecule has 5 unspecified atom stereocenters. The van der Waals surface area contributed by atoms with Crippen molar-refractivity contribution >= 4 is 39.0 Å². The minimum atomic E-state index is 0.0286. The van der Waals surface area contributed by atoms with Crippen LogP contribution in [-0.2, 0) is 10.8 Å². The summed E-state index contributed by atoms with van der Waals surface area (Å²) in [6, 6.07) is 58.4. The van der Waals surface area contributed by atoms with Gasteiger partial charge in [-0.3, -0.25) is 0 Å². The van der Waals surface area contributed by atoms with Gasteiger partial charge in [-0.25, -0.2) is 0 Å². The van der Waals surface area contributed by atoms with Crippen molar-refractivity contribution in [3.63, 3.8) is 0 Å². The zero-order chi connectivity index (χ0) is 39.9. The highest BCUT2D eigenvalue weighted by Gasteiger charge is 2.60. The first-order valence-electron chi connectivity index (χ1n) is 23.5. The summed E-state index contributed by atoms with van der Waals surface area (Å²) in [5.41, 5.74) is 20.4. The third kappa shape index (κ3) is 4.69. The Hall–Kier alpha value is -5.86. The lowest BCUT2D eigenvalue weighted by Gasteiger charge is -2.53. The molecule has 0 N–H and O–H groups in total. The summed E-state index contributed by atoms with van der Waals surface area (Å²) in [6.07, 6.45) is 14.7. The van der Waals surface area contributed by atoms with E-state index in [2.05, 4.69) is 157 Å². The van der Waals surface area contributed by atoms with Crippen LogP contribution < -0.4 is 4.90 Å². The molecule has 5 saturated carbocycles. The average molecular weight is 790 g/mol. The molecule has 61 heavy (non-hydrogen) atoms. The summed E-state index contributed by atoms with van der Waals surface area (Å²) in [5, 5.41) is 2.34. The molecule has 2 heteroatoms. The van der Waals surface area contributed by atoms with Crippen molar-refractivity contribution in [3.05, 3.63) is 174 Å². The molecule has 0 aliphatic heterocycles. The van der Waals surface area contributed by atoms with Crippen LogP contribution in [-0.4, -0.2) is 0 Å². The van der Waals surface area contributed by atoms with Crippen LogP contribution in [0.1, 0.15) is 92.9 Å². The van der Waals surface area contributed by atoms with Crippen LogP contribution in [0.4, 0.5) is 17.1 Å². The normalized spacial score (nSPS) is 24.9. The monoisotopic (exact) mass is 789 g/mol. The summed E-state index contributed by atoms with van der Waals surface area (Å²) >= 11 is 0. The molecule has 7 aliphatic carbocycles. The topological polar surface area (TPSA) is 16.4 Å². The first kappa shape index (κ1) is 34.8. The van der Waals surface area contributed by atoms with E-state index in [9.17, 15) is 0 Å². The van der Waals surface area contributed by atoms with Crippen LogP contribution in [0, 0.1) is 23.7 Å². The van der Waals surface area contributed by atoms with Gasteiger partial charge in [0.1, 0.15) is 11.2 Å². The molecule has 1 aromatic heterocycles. The van der Waals surface area contributed by atoms with Gasteiger partial charge in [0.25, 0.3) is 0 Å². The van der Waals surface area contributed by atoms with Crippen molar-refractivity contribution in [1.29, 1.82) is 0 Å². The van der Waals surface area contributed by atoms with Crippen molar-refractivity contribution in [1.82, 2.24) is 0 Å². The minimum absolute atomic E-state index is 0.0286. The van der Waals surface area contributed by atoms with Gasteiger partial charge in [0.15, 0.2) is 0 Å². The lowest BCUT2D eigenvalue weighted by molar-refractivity contribution is 0.0621. The van der Waals surface area contributed by atoms with Gasteiger partial charge in [0.05, 0.1) is 5.69 Å². The number of hydrogen-bond acceptors (Lipinski definition) is 2. The summed E-state index contributed by atoms with van der Waals surface area (Å²) in [4.78, 5) is 2.69. The van der Waals surface area contributed by atoms with Crippen LogP contribution in [0.15, 0.2) is 156 Å². The van der Waals surface area contributed by atoms with Crippen molar-refractivity contribution in [3.8, 4) is 33.4 Å².